The Labute approximate surface area is 315 Å². The summed E-state index contributed by atoms with van der Waals surface area (Å²) in [5, 5.41) is 11.1. The topological polar surface area (TPSA) is 99.2 Å². The molecule has 2 aromatic rings. The van der Waals surface area contributed by atoms with Crippen molar-refractivity contribution in [2.45, 2.75) is 131 Å². The first kappa shape index (κ1) is 47.4. The summed E-state index contributed by atoms with van der Waals surface area (Å²) in [6.45, 7) is 26.6. The number of amides is 2. The summed E-state index contributed by atoms with van der Waals surface area (Å²) >= 11 is 1.50. The fourth-order valence-corrected chi connectivity index (χ4v) is 5.85. The molecule has 2 heterocycles. The number of allylic oxidation sites excluding steroid dienone is 4. The average Bonchev–Trinajstić information content (AvgIpc) is 3.64. The molecule has 0 aliphatic heterocycles. The van der Waals surface area contributed by atoms with E-state index in [-0.39, 0.29) is 23.8 Å². The maximum absolute atomic E-state index is 13.9. The number of rotatable bonds is 17. The van der Waals surface area contributed by atoms with Crippen molar-refractivity contribution in [3.8, 4) is 10.7 Å². The molecule has 1 fully saturated rings. The van der Waals surface area contributed by atoms with E-state index in [1.54, 1.807) is 31.6 Å². The van der Waals surface area contributed by atoms with Crippen LogP contribution in [0.4, 0.5) is 5.00 Å². The largest absolute Gasteiger partial charge is 0.348 e. The molecule has 1 unspecified atom stereocenters. The van der Waals surface area contributed by atoms with Crippen LogP contribution in [0.15, 0.2) is 79.8 Å². The molecule has 3 rings (SSSR count). The average molecular weight is 723 g/mol. The van der Waals surface area contributed by atoms with Gasteiger partial charge in [-0.25, -0.2) is 4.98 Å². The highest BCUT2D eigenvalue weighted by Crippen LogP contribution is 2.29. The summed E-state index contributed by atoms with van der Waals surface area (Å²) in [6, 6.07) is 4.87. The van der Waals surface area contributed by atoms with Crippen molar-refractivity contribution in [3.05, 3.63) is 79.8 Å². The van der Waals surface area contributed by atoms with Gasteiger partial charge in [0, 0.05) is 18.4 Å². The second kappa shape index (κ2) is 30.1. The minimum absolute atomic E-state index is 0.0200. The lowest BCUT2D eigenvalue weighted by Crippen LogP contribution is -2.56. The van der Waals surface area contributed by atoms with Gasteiger partial charge in [0.25, 0.3) is 0 Å². The normalized spacial score (nSPS) is 13.7. The van der Waals surface area contributed by atoms with Gasteiger partial charge in [0.2, 0.25) is 11.8 Å². The molecule has 9 heteroatoms. The van der Waals surface area contributed by atoms with Gasteiger partial charge in [0.15, 0.2) is 0 Å². The van der Waals surface area contributed by atoms with Crippen molar-refractivity contribution in [2.24, 2.45) is 5.92 Å². The van der Waals surface area contributed by atoms with Crippen molar-refractivity contribution < 1.29 is 9.59 Å². The zero-order chi connectivity index (χ0) is 38.4. The van der Waals surface area contributed by atoms with Gasteiger partial charge in [-0.05, 0) is 71.6 Å². The number of likely N-dealkylation sites (N-methyl/N-ethyl adjacent to an activating group) is 1. The Kier molecular flexibility index (Phi) is 28.0. The quantitative estimate of drug-likeness (QED) is 0.111. The molecule has 0 aromatic carbocycles. The number of anilines is 1. The first-order valence-corrected chi connectivity index (χ1v) is 19.8. The third kappa shape index (κ3) is 20.8. The van der Waals surface area contributed by atoms with E-state index in [4.69, 9.17) is 0 Å². The van der Waals surface area contributed by atoms with Gasteiger partial charge in [-0.15, -0.1) is 0 Å². The van der Waals surface area contributed by atoms with E-state index >= 15 is 0 Å². The predicted molar refractivity (Wildman–Crippen MR) is 222 cm³/mol. The van der Waals surface area contributed by atoms with Crippen LogP contribution in [0.2, 0.25) is 0 Å². The smallest absolute Gasteiger partial charge is 0.245 e. The van der Waals surface area contributed by atoms with E-state index in [0.29, 0.717) is 18.8 Å². The highest BCUT2D eigenvalue weighted by molar-refractivity contribution is 7.18. The summed E-state index contributed by atoms with van der Waals surface area (Å²) in [5.74, 6) is 0.000920. The second-order valence-corrected chi connectivity index (χ2v) is 13.8. The number of carbonyl (C=O) groups excluding carboxylic acids is 2. The SMILES string of the molecule is C/C=C(/C)CC.C=C(CN(CCCC)C(=O)C(NC(=O)[C@H](C)NC)C1CCCCC1)Nc1cnc(-c2ccccn2)s1.C=CC=C.CCCCC. The van der Waals surface area contributed by atoms with Gasteiger partial charge in [0.05, 0.1) is 24.5 Å². The van der Waals surface area contributed by atoms with Crippen LogP contribution >= 0.6 is 11.3 Å². The lowest BCUT2D eigenvalue weighted by atomic mass is 9.83. The molecule has 2 amide bonds. The zero-order valence-corrected chi connectivity index (χ0v) is 34.0. The molecule has 286 valence electrons. The molecule has 1 aliphatic carbocycles. The number of carbonyl (C=O) groups is 2. The highest BCUT2D eigenvalue weighted by Gasteiger charge is 2.34. The van der Waals surface area contributed by atoms with Crippen molar-refractivity contribution in [1.29, 1.82) is 0 Å². The van der Waals surface area contributed by atoms with E-state index < -0.39 is 6.04 Å². The van der Waals surface area contributed by atoms with Crippen LogP contribution in [0.1, 0.15) is 119 Å². The standard InChI is InChI=1S/C27H40N6O2S.C6H12.C5H12.C4H6/c1-5-6-16-33(18-19(2)31-23-17-30-26(36-23)22-14-10-11-15-29-22)27(35)24(21-12-8-7-9-13-21)32-25(34)20(3)28-4;1-4-6(3)5-2;1-3-5-4-2;1-3-4-2/h10-11,14-15,17,20-21,24,28,31H,2,5-9,12-13,16,18H2,1,3-4H3,(H,32,34);4H,5H2,1-3H3;3-5H2,1-2H3;3-4H,1-2H2/b;6-4-;;/t20-,24?;;;/m0.../s1. The number of nitrogens with zero attached hydrogens (tertiary/aromatic N) is 3. The van der Waals surface area contributed by atoms with Gasteiger partial charge < -0.3 is 20.9 Å². The Balaban J connectivity index is 0.00000140. The summed E-state index contributed by atoms with van der Waals surface area (Å²) in [4.78, 5) is 37.3. The first-order chi connectivity index (χ1) is 24.6. The van der Waals surface area contributed by atoms with E-state index in [0.717, 1.165) is 54.2 Å². The summed E-state index contributed by atoms with van der Waals surface area (Å²) < 4.78 is 0. The van der Waals surface area contributed by atoms with Crippen LogP contribution in [-0.4, -0.2) is 58.9 Å². The number of hydrogen-bond donors (Lipinski definition) is 3. The van der Waals surface area contributed by atoms with Crippen LogP contribution < -0.4 is 16.0 Å². The van der Waals surface area contributed by atoms with Gasteiger partial charge in [-0.1, -0.05) is 134 Å². The Bertz CT molecular complexity index is 1260. The molecular formula is C42H70N6O2S. The van der Waals surface area contributed by atoms with E-state index in [2.05, 4.69) is 93.3 Å². The third-order valence-corrected chi connectivity index (χ3v) is 9.54. The monoisotopic (exact) mass is 723 g/mol. The number of hydrogen-bond acceptors (Lipinski definition) is 7. The Morgan fingerprint density at radius 3 is 2.14 bits per heavy atom. The maximum atomic E-state index is 13.9. The highest BCUT2D eigenvalue weighted by atomic mass is 32.1. The molecule has 1 aliphatic rings. The van der Waals surface area contributed by atoms with Crippen molar-refractivity contribution in [2.75, 3.05) is 25.5 Å². The fraction of sp³-hybridized carbons (Fsp3) is 0.571. The van der Waals surface area contributed by atoms with Crippen molar-refractivity contribution in [1.82, 2.24) is 25.5 Å². The fourth-order valence-electron chi connectivity index (χ4n) is 5.01. The molecule has 8 nitrogen and oxygen atoms in total. The Hall–Kier alpha value is -3.56. The van der Waals surface area contributed by atoms with Gasteiger partial charge in [0.1, 0.15) is 16.1 Å². The van der Waals surface area contributed by atoms with E-state index in [1.165, 1.54) is 49.0 Å². The van der Waals surface area contributed by atoms with Crippen LogP contribution in [-0.2, 0) is 9.59 Å². The maximum Gasteiger partial charge on any atom is 0.245 e. The molecule has 0 saturated heterocycles. The first-order valence-electron chi connectivity index (χ1n) is 19.0. The minimum atomic E-state index is -0.516. The van der Waals surface area contributed by atoms with Crippen molar-refractivity contribution >= 4 is 28.2 Å². The van der Waals surface area contributed by atoms with Crippen LogP contribution in [0, 0.1) is 5.92 Å². The lowest BCUT2D eigenvalue weighted by molar-refractivity contribution is -0.138. The minimum Gasteiger partial charge on any atom is -0.348 e. The molecule has 3 N–H and O–H groups in total. The zero-order valence-electron chi connectivity index (χ0n) is 33.2. The number of thiazole rings is 1. The Morgan fingerprint density at radius 2 is 1.67 bits per heavy atom. The van der Waals surface area contributed by atoms with Gasteiger partial charge in [-0.2, -0.15) is 0 Å². The second-order valence-electron chi connectivity index (χ2n) is 12.8. The van der Waals surface area contributed by atoms with Crippen LogP contribution in [0.3, 0.4) is 0 Å². The van der Waals surface area contributed by atoms with Gasteiger partial charge in [-0.3, -0.25) is 14.6 Å². The summed E-state index contributed by atoms with van der Waals surface area (Å²) in [6.07, 6.45) is 21.4. The summed E-state index contributed by atoms with van der Waals surface area (Å²) in [5.41, 5.74) is 3.01. The summed E-state index contributed by atoms with van der Waals surface area (Å²) in [7, 11) is 1.75. The van der Waals surface area contributed by atoms with Gasteiger partial charge >= 0.3 is 0 Å². The molecular weight excluding hydrogens is 653 g/mol. The van der Waals surface area contributed by atoms with Crippen molar-refractivity contribution in [3.63, 3.8) is 0 Å². The van der Waals surface area contributed by atoms with Crippen LogP contribution in [0.25, 0.3) is 10.7 Å². The lowest BCUT2D eigenvalue weighted by Gasteiger charge is -2.35. The number of aromatic nitrogens is 2. The van der Waals surface area contributed by atoms with Crippen LogP contribution in [0.5, 0.6) is 0 Å². The molecule has 1 saturated carbocycles. The molecule has 0 radical (unpaired) electrons. The Morgan fingerprint density at radius 1 is 1.02 bits per heavy atom. The van der Waals surface area contributed by atoms with E-state index in [9.17, 15) is 9.59 Å². The number of nitrogens with one attached hydrogen (secondary N) is 3. The van der Waals surface area contributed by atoms with E-state index in [1.807, 2.05) is 30.0 Å². The molecule has 2 aromatic heterocycles. The molecule has 2 atom stereocenters. The number of unbranched alkanes of at least 4 members (excludes halogenated alkanes) is 3. The predicted octanol–water partition coefficient (Wildman–Crippen LogP) is 10.3. The molecule has 51 heavy (non-hydrogen) atoms. The molecule has 0 bridgehead atoms. The third-order valence-electron chi connectivity index (χ3n) is 8.60. The number of pyridine rings is 1. The molecule has 0 spiro atoms.